The zero-order chi connectivity index (χ0) is 26.2. The molecule has 1 aliphatic carbocycles. The van der Waals surface area contributed by atoms with Crippen LogP contribution in [-0.4, -0.2) is 59.2 Å². The maximum Gasteiger partial charge on any atom is 0.417 e. The van der Waals surface area contributed by atoms with Crippen molar-refractivity contribution in [2.24, 2.45) is 5.41 Å². The van der Waals surface area contributed by atoms with Crippen molar-refractivity contribution in [1.29, 1.82) is 0 Å². The van der Waals surface area contributed by atoms with Crippen molar-refractivity contribution in [1.82, 2.24) is 19.8 Å². The number of pyridine rings is 2. The Hall–Kier alpha value is -2.52. The summed E-state index contributed by atoms with van der Waals surface area (Å²) in [7, 11) is 1.70. The molecule has 3 aliphatic rings. The summed E-state index contributed by atoms with van der Waals surface area (Å²) in [6.45, 7) is 7.84. The minimum Gasteiger partial charge on any atom is -0.384 e. The van der Waals surface area contributed by atoms with Crippen molar-refractivity contribution >= 4 is 0 Å². The van der Waals surface area contributed by atoms with Gasteiger partial charge in [-0.3, -0.25) is 14.9 Å². The zero-order valence-electron chi connectivity index (χ0n) is 21.2. The first-order chi connectivity index (χ1) is 17.7. The highest BCUT2D eigenvalue weighted by atomic mass is 19.4. The van der Waals surface area contributed by atoms with E-state index < -0.39 is 11.7 Å². The SMILES string of the molecule is C=C(N1CCc2ncc(C(F)(F)F)cc2C1)C1(COC)CCN(C2CCC(c3ccc(F)cn3)CC2)C1. The number of alkyl halides is 3. The van der Waals surface area contributed by atoms with Crippen LogP contribution in [-0.2, 0) is 23.9 Å². The molecule has 4 heterocycles. The molecule has 0 radical (unpaired) electrons. The number of methoxy groups -OCH3 is 1. The van der Waals surface area contributed by atoms with Crippen molar-refractivity contribution < 1.29 is 22.3 Å². The fourth-order valence-electron chi connectivity index (χ4n) is 6.44. The Morgan fingerprint density at radius 1 is 1.14 bits per heavy atom. The molecule has 9 heteroatoms. The molecule has 2 aliphatic heterocycles. The molecule has 1 saturated carbocycles. The number of aromatic nitrogens is 2. The van der Waals surface area contributed by atoms with E-state index in [0.717, 1.165) is 68.5 Å². The van der Waals surface area contributed by atoms with E-state index in [1.54, 1.807) is 13.2 Å². The molecule has 1 unspecified atom stereocenters. The van der Waals surface area contributed by atoms with Crippen molar-refractivity contribution in [3.05, 3.63) is 71.2 Å². The van der Waals surface area contributed by atoms with Gasteiger partial charge in [-0.05, 0) is 62.4 Å². The standard InChI is InChI=1S/C28H34F4N4O/c1-19(35-11-9-26-21(16-35)13-22(14-33-26)28(30,31)32)27(18-37-2)10-12-36(17-27)24-6-3-20(4-7-24)25-8-5-23(29)15-34-25/h5,8,13-15,20,24H,1,3-4,6-7,9-12,16-18H2,2H3. The summed E-state index contributed by atoms with van der Waals surface area (Å²) < 4.78 is 58.7. The van der Waals surface area contributed by atoms with E-state index in [1.807, 2.05) is 0 Å². The first-order valence-electron chi connectivity index (χ1n) is 13.0. The zero-order valence-corrected chi connectivity index (χ0v) is 21.2. The molecule has 5 rings (SSSR count). The molecule has 0 amide bonds. The molecule has 0 spiro atoms. The van der Waals surface area contributed by atoms with Crippen LogP contribution >= 0.6 is 0 Å². The topological polar surface area (TPSA) is 41.5 Å². The highest BCUT2D eigenvalue weighted by Gasteiger charge is 2.45. The average Bonchev–Trinajstić information content (AvgIpc) is 3.33. The third-order valence-corrected chi connectivity index (χ3v) is 8.55. The summed E-state index contributed by atoms with van der Waals surface area (Å²) in [5, 5.41) is 0. The molecule has 2 aromatic rings. The van der Waals surface area contributed by atoms with Crippen LogP contribution in [0.3, 0.4) is 0 Å². The Kier molecular flexibility index (Phi) is 7.29. The number of hydrogen-bond donors (Lipinski definition) is 0. The molecular formula is C28H34F4N4O. The first kappa shape index (κ1) is 26.1. The lowest BCUT2D eigenvalue weighted by atomic mass is 9.82. The number of rotatable bonds is 6. The fraction of sp³-hybridized carbons (Fsp3) is 0.571. The van der Waals surface area contributed by atoms with Crippen LogP contribution in [0.4, 0.5) is 17.6 Å². The number of ether oxygens (including phenoxy) is 1. The van der Waals surface area contributed by atoms with E-state index in [1.165, 1.54) is 18.3 Å². The normalized spacial score (nSPS) is 26.8. The molecule has 200 valence electrons. The second-order valence-electron chi connectivity index (χ2n) is 10.8. The summed E-state index contributed by atoms with van der Waals surface area (Å²) in [6, 6.07) is 4.98. The third kappa shape index (κ3) is 5.39. The quantitative estimate of drug-likeness (QED) is 0.468. The number of halogens is 4. The van der Waals surface area contributed by atoms with Crippen LogP contribution in [0.5, 0.6) is 0 Å². The third-order valence-electron chi connectivity index (χ3n) is 8.55. The summed E-state index contributed by atoms with van der Waals surface area (Å²) in [5.41, 5.74) is 2.30. The largest absolute Gasteiger partial charge is 0.417 e. The highest BCUT2D eigenvalue weighted by molar-refractivity contribution is 5.31. The molecule has 1 atom stereocenters. The summed E-state index contributed by atoms with van der Waals surface area (Å²) in [5.74, 6) is 0.0558. The monoisotopic (exact) mass is 518 g/mol. The van der Waals surface area contributed by atoms with E-state index in [0.29, 0.717) is 43.6 Å². The average molecular weight is 519 g/mol. The molecule has 37 heavy (non-hydrogen) atoms. The number of fused-ring (bicyclic) bond motifs is 1. The number of nitrogens with zero attached hydrogens (tertiary/aromatic N) is 4. The van der Waals surface area contributed by atoms with Crippen molar-refractivity contribution in [2.75, 3.05) is 33.4 Å². The van der Waals surface area contributed by atoms with Gasteiger partial charge < -0.3 is 9.64 Å². The number of likely N-dealkylation sites (tertiary alicyclic amines) is 1. The Morgan fingerprint density at radius 2 is 1.92 bits per heavy atom. The van der Waals surface area contributed by atoms with E-state index in [4.69, 9.17) is 4.74 Å². The van der Waals surface area contributed by atoms with Crippen molar-refractivity contribution in [3.63, 3.8) is 0 Å². The van der Waals surface area contributed by atoms with Crippen LogP contribution in [0.2, 0.25) is 0 Å². The van der Waals surface area contributed by atoms with Crippen molar-refractivity contribution in [3.8, 4) is 0 Å². The van der Waals surface area contributed by atoms with Gasteiger partial charge in [-0.2, -0.15) is 13.2 Å². The van der Waals surface area contributed by atoms with E-state index in [9.17, 15) is 17.6 Å². The predicted octanol–water partition coefficient (Wildman–Crippen LogP) is 5.57. The minimum absolute atomic E-state index is 0.267. The van der Waals surface area contributed by atoms with Crippen LogP contribution in [0.15, 0.2) is 42.9 Å². The van der Waals surface area contributed by atoms with Gasteiger partial charge in [0, 0.05) is 73.8 Å². The van der Waals surface area contributed by atoms with Gasteiger partial charge in [-0.25, -0.2) is 4.39 Å². The van der Waals surface area contributed by atoms with E-state index >= 15 is 0 Å². The molecule has 0 aromatic carbocycles. The van der Waals surface area contributed by atoms with Gasteiger partial charge in [0.15, 0.2) is 0 Å². The van der Waals surface area contributed by atoms with Crippen LogP contribution < -0.4 is 0 Å². The Balaban J connectivity index is 1.25. The second kappa shape index (κ2) is 10.3. The number of hydrogen-bond acceptors (Lipinski definition) is 5. The van der Waals surface area contributed by atoms with Gasteiger partial charge in [0.25, 0.3) is 0 Å². The maximum atomic E-state index is 13.3. The first-order valence-corrected chi connectivity index (χ1v) is 13.0. The lowest BCUT2D eigenvalue weighted by Gasteiger charge is -2.42. The van der Waals surface area contributed by atoms with Gasteiger partial charge in [0.05, 0.1) is 18.4 Å². The molecule has 0 N–H and O–H groups in total. The highest BCUT2D eigenvalue weighted by Crippen LogP contribution is 2.44. The predicted molar refractivity (Wildman–Crippen MR) is 132 cm³/mol. The van der Waals surface area contributed by atoms with Crippen LogP contribution in [0.25, 0.3) is 0 Å². The Morgan fingerprint density at radius 3 is 2.59 bits per heavy atom. The molecule has 0 bridgehead atoms. The Labute approximate surface area is 215 Å². The summed E-state index contributed by atoms with van der Waals surface area (Å²) >= 11 is 0. The van der Waals surface area contributed by atoms with E-state index in [-0.39, 0.29) is 11.2 Å². The molecule has 5 nitrogen and oxygen atoms in total. The van der Waals surface area contributed by atoms with E-state index in [2.05, 4.69) is 26.3 Å². The van der Waals surface area contributed by atoms with Gasteiger partial charge in [0.2, 0.25) is 0 Å². The molecule has 2 fully saturated rings. The smallest absolute Gasteiger partial charge is 0.384 e. The molecule has 2 aromatic heterocycles. The van der Waals surface area contributed by atoms with Crippen LogP contribution in [0, 0.1) is 11.2 Å². The Bertz CT molecular complexity index is 1110. The lowest BCUT2D eigenvalue weighted by molar-refractivity contribution is -0.137. The van der Waals surface area contributed by atoms with Gasteiger partial charge in [-0.15, -0.1) is 0 Å². The summed E-state index contributed by atoms with van der Waals surface area (Å²) in [4.78, 5) is 13.1. The minimum atomic E-state index is -4.41. The van der Waals surface area contributed by atoms with Crippen LogP contribution in [0.1, 0.15) is 60.5 Å². The lowest BCUT2D eigenvalue weighted by Crippen LogP contribution is -2.44. The van der Waals surface area contributed by atoms with Gasteiger partial charge in [-0.1, -0.05) is 6.58 Å². The second-order valence-corrected chi connectivity index (χ2v) is 10.8. The van der Waals surface area contributed by atoms with Crippen molar-refractivity contribution in [2.45, 2.75) is 63.2 Å². The van der Waals surface area contributed by atoms with Gasteiger partial charge >= 0.3 is 6.18 Å². The maximum absolute atomic E-state index is 13.3. The summed E-state index contributed by atoms with van der Waals surface area (Å²) in [6.07, 6.45) is 3.49. The fourth-order valence-corrected chi connectivity index (χ4v) is 6.44. The molecule has 1 saturated heterocycles. The molecular weight excluding hydrogens is 484 g/mol. The van der Waals surface area contributed by atoms with Gasteiger partial charge in [0.1, 0.15) is 5.82 Å².